The van der Waals surface area contributed by atoms with Crippen molar-refractivity contribution in [2.45, 2.75) is 4.83 Å². The van der Waals surface area contributed by atoms with Gasteiger partial charge in [-0.1, -0.05) is 15.9 Å². The van der Waals surface area contributed by atoms with Gasteiger partial charge in [0.05, 0.1) is 27.3 Å². The summed E-state index contributed by atoms with van der Waals surface area (Å²) in [4.78, 5) is -0.639. The third-order valence-corrected chi connectivity index (χ3v) is 2.44. The van der Waals surface area contributed by atoms with Gasteiger partial charge in [-0.25, -0.2) is 8.42 Å². The van der Waals surface area contributed by atoms with E-state index in [1.54, 1.807) is 0 Å². The average Bonchev–Trinajstić information content (AvgIpc) is 1.62. The van der Waals surface area contributed by atoms with Crippen molar-refractivity contribution in [3.05, 3.63) is 0 Å². The molecule has 4 nitrogen and oxygen atoms in total. The van der Waals surface area contributed by atoms with Gasteiger partial charge < -0.3 is 9.66 Å². The summed E-state index contributed by atoms with van der Waals surface area (Å²) >= 11 is 2.78. The Morgan fingerprint density at radius 3 is 2.10 bits per heavy atom. The van der Waals surface area contributed by atoms with Crippen molar-refractivity contribution in [3.63, 3.8) is 0 Å². The Morgan fingerprint density at radius 1 is 1.60 bits per heavy atom. The van der Waals surface area contributed by atoms with Crippen molar-refractivity contribution in [2.24, 2.45) is 0 Å². The van der Waals surface area contributed by atoms with Gasteiger partial charge in [-0.3, -0.25) is 0 Å². The predicted octanol–water partition coefficient (Wildman–Crippen LogP) is -3.71. The van der Waals surface area contributed by atoms with Gasteiger partial charge in [0.15, 0.2) is 0 Å². The van der Waals surface area contributed by atoms with E-state index in [0.29, 0.717) is 0 Å². The van der Waals surface area contributed by atoms with Gasteiger partial charge in [0, 0.05) is 0 Å². The van der Waals surface area contributed by atoms with E-state index in [2.05, 4.69) is 15.9 Å². The predicted molar refractivity (Wildman–Crippen MR) is 34.4 cm³/mol. The first kappa shape index (κ1) is 14.5. The minimum atomic E-state index is -4.19. The number of rotatable bonds is 3. The zero-order valence-corrected chi connectivity index (χ0v) is 11.0. The van der Waals surface area contributed by atoms with Crippen LogP contribution >= 0.6 is 15.9 Å². The molecule has 0 aliphatic carbocycles. The molecule has 0 aliphatic rings. The molecule has 0 aromatic heterocycles. The van der Waals surface area contributed by atoms with E-state index in [4.69, 9.17) is 5.11 Å². The number of aliphatic hydroxyl groups is 1. The van der Waals surface area contributed by atoms with Gasteiger partial charge in [-0.2, -0.15) is 0 Å². The molecule has 1 atom stereocenters. The zero-order valence-electron chi connectivity index (χ0n) is 5.45. The Bertz CT molecular complexity index is 167. The average molecular weight is 257 g/mol. The van der Waals surface area contributed by atoms with Gasteiger partial charge in [0.1, 0.15) is 0 Å². The number of halogens is 1. The summed E-state index contributed by atoms with van der Waals surface area (Å²) in [7, 11) is -4.19. The summed E-state index contributed by atoms with van der Waals surface area (Å²) in [6, 6.07) is 0. The van der Waals surface area contributed by atoms with Crippen LogP contribution in [0.2, 0.25) is 0 Å². The zero-order chi connectivity index (χ0) is 7.49. The van der Waals surface area contributed by atoms with E-state index < -0.39 is 20.7 Å². The van der Waals surface area contributed by atoms with E-state index >= 15 is 0 Å². The second-order valence-corrected chi connectivity index (χ2v) is 4.25. The molecule has 0 amide bonds. The molecule has 0 fully saturated rings. The van der Waals surface area contributed by atoms with Crippen LogP contribution < -0.4 is 51.4 Å². The number of aliphatic hydroxyl groups excluding tert-OH is 1. The number of alkyl halides is 1. The van der Waals surface area contributed by atoms with Crippen molar-refractivity contribution in [1.82, 2.24) is 0 Å². The molecular weight excluding hydrogens is 251 g/mol. The van der Waals surface area contributed by atoms with Crippen LogP contribution in [0.25, 0.3) is 0 Å². The van der Waals surface area contributed by atoms with Crippen LogP contribution in [-0.2, 0) is 10.1 Å². The van der Waals surface area contributed by atoms with Crippen LogP contribution in [-0.4, -0.2) is 35.3 Å². The second-order valence-electron chi connectivity index (χ2n) is 1.50. The first-order chi connectivity index (χ1) is 3.95. The van der Waals surface area contributed by atoms with Crippen molar-refractivity contribution < 1.29 is 69.5 Å². The molecule has 0 aromatic rings. The van der Waals surface area contributed by atoms with Crippen LogP contribution in [0.5, 0.6) is 0 Å². The van der Waals surface area contributed by atoms with Crippen LogP contribution in [0.3, 0.4) is 0 Å². The number of hydrogen-bond donors (Lipinski definition) is 1. The Morgan fingerprint density at radius 2 is 2.00 bits per heavy atom. The molecule has 0 radical (unpaired) electrons. The molecule has 56 valence electrons. The smallest absolute Gasteiger partial charge is 0.748 e. The molecule has 0 aromatic carbocycles. The molecule has 10 heavy (non-hydrogen) atoms. The van der Waals surface area contributed by atoms with Crippen molar-refractivity contribution in [2.75, 3.05) is 12.4 Å². The third kappa shape index (κ3) is 9.99. The molecule has 0 spiro atoms. The van der Waals surface area contributed by atoms with E-state index in [1.807, 2.05) is 0 Å². The van der Waals surface area contributed by atoms with Gasteiger partial charge in [0.25, 0.3) is 0 Å². The summed E-state index contributed by atoms with van der Waals surface area (Å²) in [5, 5.41) is 8.25. The molecule has 1 unspecified atom stereocenters. The molecule has 0 aliphatic heterocycles. The van der Waals surface area contributed by atoms with Gasteiger partial charge in [0.2, 0.25) is 0 Å². The maximum absolute atomic E-state index is 9.90. The first-order valence-corrected chi connectivity index (χ1v) is 4.63. The van der Waals surface area contributed by atoms with Crippen LogP contribution in [0, 0.1) is 0 Å². The quantitative estimate of drug-likeness (QED) is 0.320. The summed E-state index contributed by atoms with van der Waals surface area (Å²) < 4.78 is 29.7. The largest absolute Gasteiger partial charge is 1.00 e. The second kappa shape index (κ2) is 6.50. The van der Waals surface area contributed by atoms with E-state index in [9.17, 15) is 13.0 Å². The fourth-order valence-electron chi connectivity index (χ4n) is 0.274. The van der Waals surface area contributed by atoms with E-state index in [-0.39, 0.29) is 58.0 Å². The van der Waals surface area contributed by atoms with Crippen molar-refractivity contribution in [1.29, 1.82) is 0 Å². The van der Waals surface area contributed by atoms with Crippen LogP contribution in [0.1, 0.15) is 0 Å². The SMILES string of the molecule is O=S(=O)([O-])CC(Br)CO.[K+]. The summed E-state index contributed by atoms with van der Waals surface area (Å²) in [5.74, 6) is -0.566. The van der Waals surface area contributed by atoms with Gasteiger partial charge in [-0.05, 0) is 0 Å². The van der Waals surface area contributed by atoms with Gasteiger partial charge >= 0.3 is 51.4 Å². The molecule has 0 rings (SSSR count). The molecule has 0 bridgehead atoms. The standard InChI is InChI=1S/C3H7BrO4S.K/c4-3(1-5)2-9(6,7)8;/h3,5H,1-2H2,(H,6,7,8);/q;+1/p-1. The minimum absolute atomic E-state index is 0. The normalized spacial score (nSPS) is 13.9. The maximum atomic E-state index is 9.90. The summed E-state index contributed by atoms with van der Waals surface area (Å²) in [5.41, 5.74) is 0. The monoisotopic (exact) mass is 256 g/mol. The van der Waals surface area contributed by atoms with Crippen LogP contribution in [0.15, 0.2) is 0 Å². The Balaban J connectivity index is 0. The first-order valence-electron chi connectivity index (χ1n) is 2.14. The third-order valence-electron chi connectivity index (χ3n) is 0.583. The summed E-state index contributed by atoms with van der Waals surface area (Å²) in [6.45, 7) is -0.346. The van der Waals surface area contributed by atoms with E-state index in [0.717, 1.165) is 0 Å². The van der Waals surface area contributed by atoms with E-state index in [1.165, 1.54) is 0 Å². The molecule has 1 N–H and O–H groups in total. The fraction of sp³-hybridized carbons (Fsp3) is 1.00. The Kier molecular flexibility index (Phi) is 9.42. The van der Waals surface area contributed by atoms with Crippen molar-refractivity contribution in [3.8, 4) is 0 Å². The number of hydrogen-bond acceptors (Lipinski definition) is 4. The Hall–Kier alpha value is 1.99. The fourth-order valence-corrected chi connectivity index (χ4v) is 1.79. The summed E-state index contributed by atoms with van der Waals surface area (Å²) in [6.07, 6.45) is 0. The van der Waals surface area contributed by atoms with Crippen LogP contribution in [0.4, 0.5) is 0 Å². The minimum Gasteiger partial charge on any atom is -0.748 e. The molecule has 7 heteroatoms. The molecule has 0 saturated heterocycles. The van der Waals surface area contributed by atoms with Gasteiger partial charge in [-0.15, -0.1) is 0 Å². The molecule has 0 saturated carbocycles. The molecule has 0 heterocycles. The topological polar surface area (TPSA) is 77.4 Å². The Labute approximate surface area is 111 Å². The van der Waals surface area contributed by atoms with Crippen molar-refractivity contribution >= 4 is 26.0 Å². The maximum Gasteiger partial charge on any atom is 1.00 e. The molecular formula is C3H6BrKO4S.